The number of benzene rings is 2. The molecule has 0 aliphatic rings. The van der Waals surface area contributed by atoms with E-state index in [4.69, 9.17) is 0 Å². The van der Waals surface area contributed by atoms with Gasteiger partial charge in [0.25, 0.3) is 11.6 Å². The summed E-state index contributed by atoms with van der Waals surface area (Å²) >= 11 is 0. The molecule has 0 fully saturated rings. The highest BCUT2D eigenvalue weighted by atomic mass is 16.6. The molecule has 2 aromatic rings. The Hall–Kier alpha value is -3.42. The maximum atomic E-state index is 12.0. The largest absolute Gasteiger partial charge is 0.358 e. The van der Waals surface area contributed by atoms with Gasteiger partial charge >= 0.3 is 0 Å². The van der Waals surface area contributed by atoms with Crippen molar-refractivity contribution in [3.8, 4) is 0 Å². The number of nitro groups is 1. The minimum Gasteiger partial charge on any atom is -0.358 e. The molecule has 2 aromatic carbocycles. The molecule has 3 N–H and O–H groups in total. The molecule has 24 heavy (non-hydrogen) atoms. The summed E-state index contributed by atoms with van der Waals surface area (Å²) in [5, 5.41) is 19.0. The molecular weight excluding hydrogens is 312 g/mol. The zero-order chi connectivity index (χ0) is 17.5. The molecule has 0 saturated carbocycles. The highest BCUT2D eigenvalue weighted by Gasteiger charge is 2.18. The van der Waals surface area contributed by atoms with Crippen LogP contribution in [0.3, 0.4) is 0 Å². The Balaban J connectivity index is 2.21. The van der Waals surface area contributed by atoms with Crippen molar-refractivity contribution in [3.63, 3.8) is 0 Å². The molecule has 8 heteroatoms. The lowest BCUT2D eigenvalue weighted by Gasteiger charge is -2.09. The number of carbonyl (C=O) groups is 2. The van der Waals surface area contributed by atoms with Gasteiger partial charge in [0.05, 0.1) is 11.5 Å². The Morgan fingerprint density at radius 3 is 2.46 bits per heavy atom. The first kappa shape index (κ1) is 16.9. The third-order valence-corrected chi connectivity index (χ3v) is 3.20. The maximum Gasteiger partial charge on any atom is 0.293 e. The monoisotopic (exact) mass is 328 g/mol. The number of nitrogens with one attached hydrogen (secondary N) is 3. The number of nitrogens with zero attached hydrogens (tertiary/aromatic N) is 1. The number of rotatable bonds is 6. The maximum absolute atomic E-state index is 12.0. The summed E-state index contributed by atoms with van der Waals surface area (Å²) in [4.78, 5) is 33.8. The van der Waals surface area contributed by atoms with E-state index in [0.29, 0.717) is 5.69 Å². The van der Waals surface area contributed by atoms with Crippen molar-refractivity contribution >= 4 is 28.9 Å². The smallest absolute Gasteiger partial charge is 0.293 e. The second kappa shape index (κ2) is 7.73. The van der Waals surface area contributed by atoms with Crippen LogP contribution >= 0.6 is 0 Å². The van der Waals surface area contributed by atoms with E-state index in [0.717, 1.165) is 0 Å². The molecule has 0 heterocycles. The number of para-hydroxylation sites is 1. The number of carbonyl (C=O) groups excluding carboxylic acids is 2. The first-order chi connectivity index (χ1) is 11.5. The number of hydrogen-bond acceptors (Lipinski definition) is 5. The highest BCUT2D eigenvalue weighted by Crippen LogP contribution is 2.28. The summed E-state index contributed by atoms with van der Waals surface area (Å²) in [7, 11) is 1.45. The Morgan fingerprint density at radius 2 is 1.83 bits per heavy atom. The molecule has 0 atom stereocenters. The quantitative estimate of drug-likeness (QED) is 0.553. The molecular formula is C16H16N4O4. The van der Waals surface area contributed by atoms with Crippen LogP contribution < -0.4 is 16.0 Å². The van der Waals surface area contributed by atoms with Crippen LogP contribution in [0.5, 0.6) is 0 Å². The van der Waals surface area contributed by atoms with Gasteiger partial charge in [-0.25, -0.2) is 0 Å². The number of anilines is 2. The van der Waals surface area contributed by atoms with Crippen LogP contribution in [0.2, 0.25) is 0 Å². The van der Waals surface area contributed by atoms with E-state index in [-0.39, 0.29) is 29.4 Å². The van der Waals surface area contributed by atoms with Gasteiger partial charge in [0.1, 0.15) is 5.69 Å². The van der Waals surface area contributed by atoms with E-state index in [1.165, 1.54) is 25.2 Å². The third kappa shape index (κ3) is 4.29. The zero-order valence-electron chi connectivity index (χ0n) is 12.9. The number of amides is 2. The molecule has 2 rings (SSSR count). The summed E-state index contributed by atoms with van der Waals surface area (Å²) in [6, 6.07) is 13.1. The molecule has 124 valence electrons. The predicted molar refractivity (Wildman–Crippen MR) is 89.2 cm³/mol. The van der Waals surface area contributed by atoms with E-state index < -0.39 is 10.8 Å². The summed E-state index contributed by atoms with van der Waals surface area (Å²) in [5.74, 6) is -0.923. The van der Waals surface area contributed by atoms with E-state index in [1.807, 2.05) is 6.07 Å². The molecule has 0 aliphatic heterocycles. The van der Waals surface area contributed by atoms with Crippen LogP contribution in [0.15, 0.2) is 48.5 Å². The van der Waals surface area contributed by atoms with Crippen molar-refractivity contribution in [3.05, 3.63) is 64.2 Å². The van der Waals surface area contributed by atoms with E-state index in [2.05, 4.69) is 16.0 Å². The van der Waals surface area contributed by atoms with Crippen molar-refractivity contribution in [1.29, 1.82) is 0 Å². The van der Waals surface area contributed by atoms with Gasteiger partial charge in [-0.2, -0.15) is 0 Å². The van der Waals surface area contributed by atoms with Crippen molar-refractivity contribution in [1.82, 2.24) is 10.6 Å². The second-order valence-electron chi connectivity index (χ2n) is 4.84. The van der Waals surface area contributed by atoms with Crippen LogP contribution in [0, 0.1) is 10.1 Å². The SMILES string of the molecule is CNC(=O)CNC(=O)c1ccc(Nc2ccccc2)c([N+](=O)[O-])c1. The van der Waals surface area contributed by atoms with Gasteiger partial charge < -0.3 is 16.0 Å². The minimum absolute atomic E-state index is 0.101. The zero-order valence-corrected chi connectivity index (χ0v) is 12.9. The lowest BCUT2D eigenvalue weighted by molar-refractivity contribution is -0.383. The molecule has 0 bridgehead atoms. The molecule has 0 spiro atoms. The van der Waals surface area contributed by atoms with Gasteiger partial charge in [0.15, 0.2) is 0 Å². The summed E-state index contributed by atoms with van der Waals surface area (Å²) in [6.45, 7) is -0.201. The molecule has 0 radical (unpaired) electrons. The normalized spacial score (nSPS) is 9.88. The highest BCUT2D eigenvalue weighted by molar-refractivity contribution is 5.97. The summed E-state index contributed by atoms with van der Waals surface area (Å²) in [6.07, 6.45) is 0. The van der Waals surface area contributed by atoms with Gasteiger partial charge in [0, 0.05) is 24.4 Å². The van der Waals surface area contributed by atoms with Gasteiger partial charge in [-0.3, -0.25) is 19.7 Å². The van der Waals surface area contributed by atoms with Crippen molar-refractivity contribution in [2.45, 2.75) is 0 Å². The standard InChI is InChI=1S/C16H16N4O4/c1-17-15(21)10-18-16(22)11-7-8-13(14(9-11)20(23)24)19-12-5-3-2-4-6-12/h2-9,19H,10H2,1H3,(H,17,21)(H,18,22). The Labute approximate surface area is 138 Å². The van der Waals surface area contributed by atoms with E-state index >= 15 is 0 Å². The summed E-state index contributed by atoms with van der Waals surface area (Å²) in [5.41, 5.74) is 0.835. The first-order valence-electron chi connectivity index (χ1n) is 7.10. The van der Waals surface area contributed by atoms with Crippen LogP contribution in [-0.4, -0.2) is 30.3 Å². The van der Waals surface area contributed by atoms with E-state index in [9.17, 15) is 19.7 Å². The molecule has 2 amide bonds. The van der Waals surface area contributed by atoms with Gasteiger partial charge in [-0.15, -0.1) is 0 Å². The predicted octanol–water partition coefficient (Wildman–Crippen LogP) is 1.81. The van der Waals surface area contributed by atoms with Crippen LogP contribution in [0.25, 0.3) is 0 Å². The minimum atomic E-state index is -0.569. The van der Waals surface area contributed by atoms with Gasteiger partial charge in [-0.1, -0.05) is 18.2 Å². The van der Waals surface area contributed by atoms with Crippen molar-refractivity contribution in [2.75, 3.05) is 18.9 Å². The molecule has 0 saturated heterocycles. The molecule has 0 unspecified atom stereocenters. The van der Waals surface area contributed by atoms with Crippen molar-refractivity contribution in [2.24, 2.45) is 0 Å². The molecule has 8 nitrogen and oxygen atoms in total. The van der Waals surface area contributed by atoms with Crippen LogP contribution in [-0.2, 0) is 4.79 Å². The molecule has 0 aliphatic carbocycles. The third-order valence-electron chi connectivity index (χ3n) is 3.20. The fourth-order valence-corrected chi connectivity index (χ4v) is 1.96. The van der Waals surface area contributed by atoms with Gasteiger partial charge in [-0.05, 0) is 24.3 Å². The number of likely N-dealkylation sites (N-methyl/N-ethyl adjacent to an activating group) is 1. The Bertz CT molecular complexity index is 762. The fourth-order valence-electron chi connectivity index (χ4n) is 1.96. The average Bonchev–Trinajstić information content (AvgIpc) is 2.60. The number of nitro benzene ring substituents is 1. The van der Waals surface area contributed by atoms with Gasteiger partial charge in [0.2, 0.25) is 5.91 Å². The van der Waals surface area contributed by atoms with Crippen molar-refractivity contribution < 1.29 is 14.5 Å². The summed E-state index contributed by atoms with van der Waals surface area (Å²) < 4.78 is 0. The molecule has 0 aromatic heterocycles. The van der Waals surface area contributed by atoms with Crippen LogP contribution in [0.1, 0.15) is 10.4 Å². The average molecular weight is 328 g/mol. The lowest BCUT2D eigenvalue weighted by atomic mass is 10.1. The van der Waals surface area contributed by atoms with Crippen LogP contribution in [0.4, 0.5) is 17.1 Å². The Kier molecular flexibility index (Phi) is 5.45. The number of hydrogen-bond donors (Lipinski definition) is 3. The lowest BCUT2D eigenvalue weighted by Crippen LogP contribution is -2.35. The van der Waals surface area contributed by atoms with E-state index in [1.54, 1.807) is 24.3 Å². The second-order valence-corrected chi connectivity index (χ2v) is 4.84. The topological polar surface area (TPSA) is 113 Å². The Morgan fingerprint density at radius 1 is 1.12 bits per heavy atom. The fraction of sp³-hybridized carbons (Fsp3) is 0.125. The first-order valence-corrected chi connectivity index (χ1v) is 7.10.